The lowest BCUT2D eigenvalue weighted by Crippen LogP contribution is -2.54. The molecule has 0 unspecified atom stereocenters. The number of hydrogen-bond acceptors (Lipinski definition) is 5. The Morgan fingerprint density at radius 2 is 1.68 bits per heavy atom. The third-order valence-corrected chi connectivity index (χ3v) is 11.3. The summed E-state index contributed by atoms with van der Waals surface area (Å²) in [4.78, 5) is 26.2. The van der Waals surface area contributed by atoms with E-state index in [4.69, 9.17) is 4.74 Å². The molecule has 2 fully saturated rings. The molecule has 0 heterocycles. The molecule has 2 aromatic rings. The van der Waals surface area contributed by atoms with E-state index >= 15 is 0 Å². The molecule has 3 aliphatic carbocycles. The first-order valence-electron chi connectivity index (χ1n) is 13.5. The number of anilines is 1. The predicted molar refractivity (Wildman–Crippen MR) is 147 cm³/mol. The molecule has 4 atom stereocenters. The fourth-order valence-electron chi connectivity index (χ4n) is 7.13. The van der Waals surface area contributed by atoms with Gasteiger partial charge in [-0.3, -0.25) is 9.10 Å². The van der Waals surface area contributed by atoms with Crippen molar-refractivity contribution in [2.45, 2.75) is 83.8 Å². The molecule has 2 saturated carbocycles. The normalized spacial score (nSPS) is 28.2. The molecule has 5 rings (SSSR count). The number of ketones is 1. The van der Waals surface area contributed by atoms with Crippen LogP contribution in [-0.2, 0) is 24.3 Å². The van der Waals surface area contributed by atoms with E-state index in [9.17, 15) is 18.0 Å². The lowest BCUT2D eigenvalue weighted by molar-refractivity contribution is -0.153. The van der Waals surface area contributed by atoms with E-state index in [1.807, 2.05) is 32.0 Å². The van der Waals surface area contributed by atoms with Crippen LogP contribution in [0.2, 0.25) is 0 Å². The van der Waals surface area contributed by atoms with E-state index in [-0.39, 0.29) is 27.6 Å². The minimum absolute atomic E-state index is 0.0411. The van der Waals surface area contributed by atoms with Gasteiger partial charge in [-0.1, -0.05) is 51.1 Å². The maximum atomic E-state index is 14.4. The minimum atomic E-state index is -4.01. The summed E-state index contributed by atoms with van der Waals surface area (Å²) < 4.78 is 36.7. The summed E-state index contributed by atoms with van der Waals surface area (Å²) in [6, 6.07) is 13.6. The highest BCUT2D eigenvalue weighted by molar-refractivity contribution is 7.92. The molecule has 0 saturated heterocycles. The van der Waals surface area contributed by atoms with Crippen LogP contribution in [0.25, 0.3) is 0 Å². The van der Waals surface area contributed by atoms with Crippen molar-refractivity contribution in [2.75, 3.05) is 4.31 Å². The zero-order valence-electron chi connectivity index (χ0n) is 22.9. The second-order valence-electron chi connectivity index (χ2n) is 12.0. The summed E-state index contributed by atoms with van der Waals surface area (Å²) in [5, 5.41) is 0. The van der Waals surface area contributed by atoms with Gasteiger partial charge in [0.2, 0.25) is 0 Å². The molecule has 0 spiro atoms. The number of aryl methyl sites for hydroxylation is 2. The number of esters is 1. The highest BCUT2D eigenvalue weighted by Crippen LogP contribution is 2.68. The molecule has 6 nitrogen and oxygen atoms in total. The Bertz CT molecular complexity index is 1390. The molecule has 7 heteroatoms. The van der Waals surface area contributed by atoms with Crippen LogP contribution >= 0.6 is 0 Å². The average molecular weight is 536 g/mol. The molecule has 38 heavy (non-hydrogen) atoms. The molecule has 3 aliphatic rings. The number of ether oxygens (including phenoxy) is 1. The van der Waals surface area contributed by atoms with Gasteiger partial charge in [-0.05, 0) is 86.3 Å². The Morgan fingerprint density at radius 1 is 1.03 bits per heavy atom. The van der Waals surface area contributed by atoms with Crippen molar-refractivity contribution in [3.8, 4) is 0 Å². The van der Waals surface area contributed by atoms with E-state index in [0.29, 0.717) is 18.5 Å². The molecular formula is C31H37NO5S. The average Bonchev–Trinajstić information content (AvgIpc) is 3.17. The van der Waals surface area contributed by atoms with Gasteiger partial charge in [-0.15, -0.1) is 0 Å². The van der Waals surface area contributed by atoms with Crippen LogP contribution in [0.5, 0.6) is 0 Å². The molecule has 2 aromatic carbocycles. The monoisotopic (exact) mass is 535 g/mol. The minimum Gasteiger partial charge on any atom is -0.456 e. The lowest BCUT2D eigenvalue weighted by atomic mass is 9.70. The Balaban J connectivity index is 1.68. The zero-order chi connectivity index (χ0) is 27.5. The fourth-order valence-corrected chi connectivity index (χ4v) is 8.82. The van der Waals surface area contributed by atoms with Gasteiger partial charge in [0.1, 0.15) is 6.10 Å². The van der Waals surface area contributed by atoms with Gasteiger partial charge in [-0.2, -0.15) is 0 Å². The van der Waals surface area contributed by atoms with E-state index in [0.717, 1.165) is 30.4 Å². The molecular weight excluding hydrogens is 498 g/mol. The smallest absolute Gasteiger partial charge is 0.341 e. The van der Waals surface area contributed by atoms with Gasteiger partial charge >= 0.3 is 5.97 Å². The summed E-state index contributed by atoms with van der Waals surface area (Å²) in [6.45, 7) is 10.3. The quantitative estimate of drug-likeness (QED) is 0.339. The molecule has 0 amide bonds. The van der Waals surface area contributed by atoms with Crippen LogP contribution in [0, 0.1) is 30.6 Å². The summed E-state index contributed by atoms with van der Waals surface area (Å²) in [5.74, 6) is -0.874. The summed E-state index contributed by atoms with van der Waals surface area (Å²) >= 11 is 0. The molecule has 202 valence electrons. The number of nitrogens with zero attached hydrogens (tertiary/aromatic N) is 1. The van der Waals surface area contributed by atoms with Crippen molar-refractivity contribution in [3.05, 3.63) is 71.3 Å². The first kappa shape index (κ1) is 26.7. The lowest BCUT2D eigenvalue weighted by Gasteiger charge is -2.43. The van der Waals surface area contributed by atoms with E-state index in [1.54, 1.807) is 36.4 Å². The number of carbonyl (C=O) groups is 2. The van der Waals surface area contributed by atoms with Gasteiger partial charge in [0.05, 0.1) is 22.2 Å². The number of rotatable bonds is 6. The predicted octanol–water partition coefficient (Wildman–Crippen LogP) is 5.91. The van der Waals surface area contributed by atoms with Gasteiger partial charge in [-0.25, -0.2) is 13.2 Å². The van der Waals surface area contributed by atoms with Crippen molar-refractivity contribution in [3.63, 3.8) is 0 Å². The number of Topliss-reactive ketones (excluding diaryl/α,β-unsaturated/α-hetero) is 1. The highest BCUT2D eigenvalue weighted by Gasteiger charge is 2.70. The summed E-state index contributed by atoms with van der Waals surface area (Å²) in [7, 11) is -4.01. The topological polar surface area (TPSA) is 80.8 Å². The maximum Gasteiger partial charge on any atom is 0.341 e. The fraction of sp³-hybridized carbons (Fsp3) is 0.484. The van der Waals surface area contributed by atoms with Crippen molar-refractivity contribution in [1.29, 1.82) is 0 Å². The largest absolute Gasteiger partial charge is 0.456 e. The SMILES string of the molecule is Cc1cc(C)cc(N([C@@H]2[C@H]3CC[C@@](C)([C@@H]2OC(=O)C2=CCCCC2=O)C3(C)C)S(=O)(=O)c2ccccc2)c1. The van der Waals surface area contributed by atoms with Crippen molar-refractivity contribution in [1.82, 2.24) is 0 Å². The van der Waals surface area contributed by atoms with Crippen LogP contribution in [0.4, 0.5) is 5.69 Å². The number of allylic oxidation sites excluding steroid dienone is 1. The Hall–Kier alpha value is -2.93. The second-order valence-corrected chi connectivity index (χ2v) is 13.8. The van der Waals surface area contributed by atoms with Crippen LogP contribution < -0.4 is 4.31 Å². The number of hydrogen-bond donors (Lipinski definition) is 0. The summed E-state index contributed by atoms with van der Waals surface area (Å²) in [5.41, 5.74) is 1.82. The van der Waals surface area contributed by atoms with Crippen LogP contribution in [0.1, 0.15) is 64.0 Å². The number of benzene rings is 2. The van der Waals surface area contributed by atoms with Crippen molar-refractivity contribution in [2.24, 2.45) is 16.7 Å². The van der Waals surface area contributed by atoms with E-state index in [2.05, 4.69) is 20.8 Å². The number of carbonyl (C=O) groups excluding carboxylic acids is 2. The van der Waals surface area contributed by atoms with E-state index < -0.39 is 33.6 Å². The second kappa shape index (κ2) is 9.37. The molecule has 0 radical (unpaired) electrons. The van der Waals surface area contributed by atoms with Gasteiger partial charge in [0.15, 0.2) is 5.78 Å². The standard InChI is InChI=1S/C31H37NO5S/c1-20-17-21(2)19-22(18-20)32(38(35,36)23-11-7-6-8-12-23)27-25-15-16-31(5,30(25,3)4)28(27)37-29(34)24-13-9-10-14-26(24)33/h6-8,11-13,17-19,25,27-28H,9-10,14-16H2,1-5H3/t25-,27-,28-,31+/m1/s1. The molecule has 2 bridgehead atoms. The third kappa shape index (κ3) is 4.10. The van der Waals surface area contributed by atoms with Crippen molar-refractivity contribution < 1.29 is 22.7 Å². The molecule has 0 aliphatic heterocycles. The summed E-state index contributed by atoms with van der Waals surface area (Å²) in [6.07, 6.45) is 4.33. The third-order valence-electron chi connectivity index (χ3n) is 9.47. The first-order valence-corrected chi connectivity index (χ1v) is 14.9. The van der Waals surface area contributed by atoms with Gasteiger partial charge in [0.25, 0.3) is 10.0 Å². The van der Waals surface area contributed by atoms with Crippen LogP contribution in [-0.4, -0.2) is 32.3 Å². The van der Waals surface area contributed by atoms with Crippen LogP contribution in [0.15, 0.2) is 65.1 Å². The molecule has 0 N–H and O–H groups in total. The Morgan fingerprint density at radius 3 is 2.32 bits per heavy atom. The van der Waals surface area contributed by atoms with Crippen LogP contribution in [0.3, 0.4) is 0 Å². The first-order chi connectivity index (χ1) is 17.9. The van der Waals surface area contributed by atoms with Gasteiger partial charge < -0.3 is 4.74 Å². The number of sulfonamides is 1. The Labute approximate surface area is 226 Å². The van der Waals surface area contributed by atoms with Gasteiger partial charge in [0, 0.05) is 11.8 Å². The Kier molecular flexibility index (Phi) is 6.57. The molecule has 0 aromatic heterocycles. The van der Waals surface area contributed by atoms with Crippen molar-refractivity contribution >= 4 is 27.5 Å². The number of fused-ring (bicyclic) bond motifs is 2. The zero-order valence-corrected chi connectivity index (χ0v) is 23.7. The van der Waals surface area contributed by atoms with E-state index in [1.165, 1.54) is 4.31 Å². The maximum absolute atomic E-state index is 14.4. The highest BCUT2D eigenvalue weighted by atomic mass is 32.2.